The predicted molar refractivity (Wildman–Crippen MR) is 96.5 cm³/mol. The summed E-state index contributed by atoms with van der Waals surface area (Å²) in [6.07, 6.45) is 1.78. The molecule has 0 N–H and O–H groups in total. The molecular formula is C15H38O4S2. The van der Waals surface area contributed by atoms with E-state index in [4.69, 9.17) is 0 Å². The molecule has 0 saturated heterocycles. The van der Waals surface area contributed by atoms with E-state index in [1.165, 1.54) is 0 Å². The fraction of sp³-hybridized carbons (Fsp3) is 1.00. The molecule has 0 atom stereocenters. The molecule has 0 aromatic heterocycles. The van der Waals surface area contributed by atoms with Crippen LogP contribution in [0.15, 0.2) is 0 Å². The molecule has 1 rings (SSSR count). The lowest BCUT2D eigenvalue weighted by atomic mass is 10.5. The summed E-state index contributed by atoms with van der Waals surface area (Å²) in [5.41, 5.74) is 0. The van der Waals surface area contributed by atoms with Crippen molar-refractivity contribution >= 4 is 19.7 Å². The summed E-state index contributed by atoms with van der Waals surface area (Å²) in [7, 11) is -5.52. The molecule has 1 saturated carbocycles. The van der Waals surface area contributed by atoms with Gasteiger partial charge in [-0.05, 0) is 54.4 Å². The van der Waals surface area contributed by atoms with Crippen molar-refractivity contribution in [3.05, 3.63) is 0 Å². The van der Waals surface area contributed by atoms with Gasteiger partial charge in [-0.15, -0.1) is 0 Å². The maximum atomic E-state index is 11.1. The van der Waals surface area contributed by atoms with E-state index in [-0.39, 0.29) is 43.3 Å². The molecule has 0 spiro atoms. The van der Waals surface area contributed by atoms with Gasteiger partial charge in [-0.25, -0.2) is 16.8 Å². The maximum absolute atomic E-state index is 11.1. The summed E-state index contributed by atoms with van der Waals surface area (Å²) in [6.45, 7) is 10.3. The Labute approximate surface area is 134 Å². The van der Waals surface area contributed by atoms with E-state index < -0.39 is 19.7 Å². The predicted octanol–water partition coefficient (Wildman–Crippen LogP) is 4.10. The van der Waals surface area contributed by atoms with Crippen LogP contribution in [0.3, 0.4) is 0 Å². The minimum Gasteiger partial charge on any atom is -0.228 e. The summed E-state index contributed by atoms with van der Waals surface area (Å²) in [5.74, 6) is 0. The summed E-state index contributed by atoms with van der Waals surface area (Å²) in [6, 6.07) is 0. The first-order valence-electron chi connectivity index (χ1n) is 6.39. The molecule has 134 valence electrons. The molecule has 1 aliphatic carbocycles. The molecule has 4 nitrogen and oxygen atoms in total. The third kappa shape index (κ3) is 8.81. The van der Waals surface area contributed by atoms with Crippen LogP contribution in [0.2, 0.25) is 0 Å². The van der Waals surface area contributed by atoms with Gasteiger partial charge in [0, 0.05) is 0 Å². The second-order valence-electron chi connectivity index (χ2n) is 5.52. The Hall–Kier alpha value is -0.100. The van der Waals surface area contributed by atoms with Crippen LogP contribution in [0.25, 0.3) is 0 Å². The molecular weight excluding hydrogens is 308 g/mol. The van der Waals surface area contributed by atoms with Crippen molar-refractivity contribution in [1.82, 2.24) is 0 Å². The van der Waals surface area contributed by atoms with Crippen molar-refractivity contribution in [2.75, 3.05) is 0 Å². The zero-order chi connectivity index (χ0) is 14.7. The van der Waals surface area contributed by atoms with Crippen LogP contribution in [0, 0.1) is 0 Å². The van der Waals surface area contributed by atoms with Crippen molar-refractivity contribution in [2.24, 2.45) is 0 Å². The average Bonchev–Trinajstić information content (AvgIpc) is 3.00. The Kier molecular flexibility index (Phi) is 14.6. The van der Waals surface area contributed by atoms with Gasteiger partial charge in [-0.1, -0.05) is 22.3 Å². The Bertz CT molecular complexity index is 382. The van der Waals surface area contributed by atoms with E-state index in [0.29, 0.717) is 0 Å². The van der Waals surface area contributed by atoms with Gasteiger partial charge in [0.05, 0.1) is 21.0 Å². The van der Waals surface area contributed by atoms with Crippen LogP contribution in [-0.2, 0) is 19.7 Å². The number of hydrogen-bond donors (Lipinski definition) is 0. The molecule has 0 aliphatic heterocycles. The third-order valence-electron chi connectivity index (χ3n) is 2.96. The Balaban J connectivity index is -0.000000120. The highest BCUT2D eigenvalue weighted by Gasteiger charge is 2.37. The summed E-state index contributed by atoms with van der Waals surface area (Å²) in [4.78, 5) is 0. The lowest BCUT2D eigenvalue weighted by Crippen LogP contribution is -2.23. The van der Waals surface area contributed by atoms with Crippen LogP contribution in [-0.4, -0.2) is 37.8 Å². The van der Waals surface area contributed by atoms with Crippen molar-refractivity contribution < 1.29 is 16.8 Å². The zero-order valence-electron chi connectivity index (χ0n) is 12.2. The standard InChI is InChI=1S/C6H12O2S.C6H14O2S.3CH4/c1-5(2)9(7,8)6-3-4-6;1-5(2)9(7,8)6(3)4;;;/h5-6H,3-4H2,1-2H3;5-6H,1-4H3;3*1H4. The first kappa shape index (κ1) is 29.0. The van der Waals surface area contributed by atoms with E-state index in [1.807, 2.05) is 0 Å². The first-order chi connectivity index (χ1) is 7.94. The molecule has 0 aromatic rings. The highest BCUT2D eigenvalue weighted by molar-refractivity contribution is 7.93. The van der Waals surface area contributed by atoms with E-state index in [9.17, 15) is 16.8 Å². The smallest absolute Gasteiger partial charge is 0.155 e. The fourth-order valence-electron chi connectivity index (χ4n) is 1.33. The van der Waals surface area contributed by atoms with Gasteiger partial charge < -0.3 is 0 Å². The number of sulfone groups is 2. The molecule has 0 heterocycles. The molecule has 1 fully saturated rings. The van der Waals surface area contributed by atoms with Crippen LogP contribution >= 0.6 is 0 Å². The fourth-order valence-corrected chi connectivity index (χ4v) is 3.98. The minimum absolute atomic E-state index is 0. The van der Waals surface area contributed by atoms with E-state index in [0.717, 1.165) is 12.8 Å². The van der Waals surface area contributed by atoms with Crippen molar-refractivity contribution in [3.63, 3.8) is 0 Å². The van der Waals surface area contributed by atoms with E-state index in [2.05, 4.69) is 0 Å². The molecule has 1 aliphatic rings. The lowest BCUT2D eigenvalue weighted by molar-refractivity contribution is 0.578. The highest BCUT2D eigenvalue weighted by Crippen LogP contribution is 2.30. The summed E-state index contributed by atoms with van der Waals surface area (Å²) >= 11 is 0. The Morgan fingerprint density at radius 3 is 1.00 bits per heavy atom. The molecule has 0 bridgehead atoms. The highest BCUT2D eigenvalue weighted by atomic mass is 32.2. The van der Waals surface area contributed by atoms with Gasteiger partial charge in [0.25, 0.3) is 0 Å². The van der Waals surface area contributed by atoms with Crippen molar-refractivity contribution in [2.45, 2.75) is 97.7 Å². The largest absolute Gasteiger partial charge is 0.228 e. The molecule has 21 heavy (non-hydrogen) atoms. The number of hydrogen-bond acceptors (Lipinski definition) is 4. The van der Waals surface area contributed by atoms with Gasteiger partial charge in [-0.2, -0.15) is 0 Å². The zero-order valence-corrected chi connectivity index (χ0v) is 13.8. The summed E-state index contributed by atoms with van der Waals surface area (Å²) in [5, 5.41) is -0.641. The van der Waals surface area contributed by atoms with Crippen LogP contribution in [0.1, 0.15) is 76.7 Å². The monoisotopic (exact) mass is 346 g/mol. The van der Waals surface area contributed by atoms with Gasteiger partial charge in [0.15, 0.2) is 19.7 Å². The molecule has 6 heteroatoms. The second-order valence-corrected chi connectivity index (χ2v) is 11.4. The van der Waals surface area contributed by atoms with Crippen LogP contribution in [0.5, 0.6) is 0 Å². The van der Waals surface area contributed by atoms with Crippen molar-refractivity contribution in [1.29, 1.82) is 0 Å². The van der Waals surface area contributed by atoms with Crippen LogP contribution < -0.4 is 0 Å². The van der Waals surface area contributed by atoms with Crippen molar-refractivity contribution in [3.8, 4) is 0 Å². The van der Waals surface area contributed by atoms with Crippen LogP contribution in [0.4, 0.5) is 0 Å². The molecule has 0 unspecified atom stereocenters. The molecule has 0 amide bonds. The molecule has 0 aromatic carbocycles. The lowest BCUT2D eigenvalue weighted by Gasteiger charge is -2.09. The first-order valence-corrected chi connectivity index (χ1v) is 9.61. The van der Waals surface area contributed by atoms with Gasteiger partial charge in [0.2, 0.25) is 0 Å². The number of rotatable bonds is 4. The normalized spacial score (nSPS) is 14.5. The summed E-state index contributed by atoms with van der Waals surface area (Å²) < 4.78 is 44.2. The van der Waals surface area contributed by atoms with Gasteiger partial charge in [0.1, 0.15) is 0 Å². The SMILES string of the molecule is C.C.C.CC(C)S(=O)(=O)C(C)C.CC(C)S(=O)(=O)C1CC1. The topological polar surface area (TPSA) is 68.3 Å². The van der Waals surface area contributed by atoms with E-state index >= 15 is 0 Å². The molecule has 0 radical (unpaired) electrons. The average molecular weight is 347 g/mol. The van der Waals surface area contributed by atoms with Gasteiger partial charge >= 0.3 is 0 Å². The minimum atomic E-state index is -2.81. The van der Waals surface area contributed by atoms with E-state index in [1.54, 1.807) is 41.5 Å². The third-order valence-corrected chi connectivity index (χ3v) is 8.30. The quantitative estimate of drug-likeness (QED) is 0.768. The van der Waals surface area contributed by atoms with Gasteiger partial charge in [-0.3, -0.25) is 0 Å². The maximum Gasteiger partial charge on any atom is 0.155 e. The Morgan fingerprint density at radius 2 is 0.952 bits per heavy atom. The second kappa shape index (κ2) is 10.6. The Morgan fingerprint density at radius 1 is 0.667 bits per heavy atom.